The first kappa shape index (κ1) is 52.2. The predicted molar refractivity (Wildman–Crippen MR) is 249 cm³/mol. The monoisotopic (exact) mass is 770 g/mol. The number of rotatable bonds is 47. The topological polar surface area (TPSA) is 8.81 Å². The first-order valence-electron chi connectivity index (χ1n) is 26.4. The molecule has 55 heavy (non-hydrogen) atoms. The third-order valence-corrected chi connectivity index (χ3v) is 12.8. The highest BCUT2D eigenvalue weighted by molar-refractivity contribution is 4.84. The SMILES string of the molecule is CCCCCCCCCCCCCCCCCCCn1cc[n+](CCCCCCCCCCCCCCCCCC)c1CCCCCCCCCCCCC. The number of aryl methyl sites for hydroxylation is 2. The highest BCUT2D eigenvalue weighted by Crippen LogP contribution is 2.17. The van der Waals surface area contributed by atoms with Crippen LogP contribution in [0.2, 0.25) is 0 Å². The van der Waals surface area contributed by atoms with Crippen LogP contribution in [0.15, 0.2) is 12.4 Å². The maximum Gasteiger partial charge on any atom is 0.256 e. The molecule has 1 heterocycles. The lowest BCUT2D eigenvalue weighted by Gasteiger charge is -2.07. The van der Waals surface area contributed by atoms with E-state index in [-0.39, 0.29) is 0 Å². The van der Waals surface area contributed by atoms with E-state index in [1.165, 1.54) is 302 Å². The first-order chi connectivity index (χ1) is 27.3. The van der Waals surface area contributed by atoms with Crippen molar-refractivity contribution in [2.24, 2.45) is 0 Å². The molecule has 1 aromatic heterocycles. The number of imidazole rings is 1. The second-order valence-corrected chi connectivity index (χ2v) is 18.3. The second-order valence-electron chi connectivity index (χ2n) is 18.3. The number of nitrogens with zero attached hydrogens (tertiary/aromatic N) is 2. The molecule has 0 aliphatic carbocycles. The van der Waals surface area contributed by atoms with Crippen molar-refractivity contribution < 1.29 is 4.57 Å². The molecule has 326 valence electrons. The smallest absolute Gasteiger partial charge is 0.234 e. The summed E-state index contributed by atoms with van der Waals surface area (Å²) in [5.41, 5.74) is 0. The summed E-state index contributed by atoms with van der Waals surface area (Å²) in [7, 11) is 0. The maximum absolute atomic E-state index is 2.66. The van der Waals surface area contributed by atoms with Gasteiger partial charge in [0.15, 0.2) is 0 Å². The van der Waals surface area contributed by atoms with E-state index in [2.05, 4.69) is 42.3 Å². The Morgan fingerprint density at radius 3 is 0.873 bits per heavy atom. The van der Waals surface area contributed by atoms with Gasteiger partial charge in [-0.1, -0.05) is 271 Å². The summed E-state index contributed by atoms with van der Waals surface area (Å²) in [5, 5.41) is 0. The Kier molecular flexibility index (Phi) is 42.1. The Balaban J connectivity index is 2.22. The van der Waals surface area contributed by atoms with Crippen molar-refractivity contribution in [2.75, 3.05) is 0 Å². The Morgan fingerprint density at radius 2 is 0.564 bits per heavy atom. The number of unbranched alkanes of at least 4 members (excludes halogenated alkanes) is 41. The Morgan fingerprint density at radius 1 is 0.309 bits per heavy atom. The minimum absolute atomic E-state index is 1.23. The zero-order chi connectivity index (χ0) is 39.4. The molecule has 2 heteroatoms. The molecule has 0 radical (unpaired) electrons. The van der Waals surface area contributed by atoms with Gasteiger partial charge in [-0.3, -0.25) is 0 Å². The average Bonchev–Trinajstić information content (AvgIpc) is 3.58. The molecule has 1 rings (SSSR count). The molecule has 0 unspecified atom stereocenters. The molecule has 0 saturated carbocycles. The lowest BCUT2D eigenvalue weighted by molar-refractivity contribution is -0.704. The minimum atomic E-state index is 1.23. The molecular formula is C53H105N2+. The van der Waals surface area contributed by atoms with E-state index in [4.69, 9.17) is 0 Å². The highest BCUT2D eigenvalue weighted by Gasteiger charge is 2.16. The van der Waals surface area contributed by atoms with E-state index >= 15 is 0 Å². The van der Waals surface area contributed by atoms with E-state index in [1.807, 2.05) is 0 Å². The molecule has 0 aliphatic rings. The Hall–Kier alpha value is -0.790. The van der Waals surface area contributed by atoms with Gasteiger partial charge in [-0.25, -0.2) is 9.13 Å². The fourth-order valence-electron chi connectivity index (χ4n) is 8.98. The average molecular weight is 770 g/mol. The van der Waals surface area contributed by atoms with E-state index in [0.29, 0.717) is 0 Å². The number of hydrogen-bond donors (Lipinski definition) is 0. The largest absolute Gasteiger partial charge is 0.256 e. The molecular weight excluding hydrogens is 665 g/mol. The van der Waals surface area contributed by atoms with Crippen molar-refractivity contribution in [1.82, 2.24) is 4.57 Å². The van der Waals surface area contributed by atoms with E-state index in [9.17, 15) is 0 Å². The van der Waals surface area contributed by atoms with Crippen molar-refractivity contribution in [3.05, 3.63) is 18.2 Å². The summed E-state index contributed by atoms with van der Waals surface area (Å²) in [6.45, 7) is 9.42. The van der Waals surface area contributed by atoms with Gasteiger partial charge in [-0.15, -0.1) is 0 Å². The van der Waals surface area contributed by atoms with Gasteiger partial charge < -0.3 is 0 Å². The van der Waals surface area contributed by atoms with Crippen LogP contribution in [0, 0.1) is 0 Å². The maximum atomic E-state index is 2.66. The van der Waals surface area contributed by atoms with Gasteiger partial charge >= 0.3 is 0 Å². The van der Waals surface area contributed by atoms with Crippen LogP contribution in [-0.4, -0.2) is 4.57 Å². The zero-order valence-corrected chi connectivity index (χ0v) is 38.8. The van der Waals surface area contributed by atoms with Gasteiger partial charge in [-0.2, -0.15) is 0 Å². The van der Waals surface area contributed by atoms with Crippen LogP contribution >= 0.6 is 0 Å². The first-order valence-corrected chi connectivity index (χ1v) is 26.4. The molecule has 1 aromatic rings. The lowest BCUT2D eigenvalue weighted by Crippen LogP contribution is -2.37. The standard InChI is InChI=1S/C53H105N2/c1-4-7-10-13-16-19-22-24-26-28-30-32-35-38-41-44-47-50-55-52-51-54(53(55)48-45-42-39-36-33-21-18-15-12-9-6-3)49-46-43-40-37-34-31-29-27-25-23-20-17-14-11-8-5-2/h51-52H,4-50H2,1-3H3/q+1. The van der Waals surface area contributed by atoms with Crippen molar-refractivity contribution in [3.8, 4) is 0 Å². The molecule has 0 spiro atoms. The predicted octanol–water partition coefficient (Wildman–Crippen LogP) is 18.5. The van der Waals surface area contributed by atoms with Crippen LogP contribution in [0.1, 0.15) is 309 Å². The van der Waals surface area contributed by atoms with Crippen LogP contribution in [0.3, 0.4) is 0 Å². The third kappa shape index (κ3) is 36.1. The van der Waals surface area contributed by atoms with E-state index in [1.54, 1.807) is 5.82 Å². The summed E-state index contributed by atoms with van der Waals surface area (Å²) < 4.78 is 5.32. The van der Waals surface area contributed by atoms with Gasteiger partial charge in [-0.05, 0) is 32.1 Å². The van der Waals surface area contributed by atoms with E-state index in [0.717, 1.165) is 0 Å². The number of aromatic nitrogens is 2. The Bertz CT molecular complexity index is 841. The minimum Gasteiger partial charge on any atom is -0.234 e. The molecule has 0 aliphatic heterocycles. The summed E-state index contributed by atoms with van der Waals surface area (Å²) in [5.74, 6) is 1.63. The molecule has 0 fully saturated rings. The molecule has 0 aromatic carbocycles. The third-order valence-electron chi connectivity index (χ3n) is 12.8. The fraction of sp³-hybridized carbons (Fsp3) is 0.943. The van der Waals surface area contributed by atoms with Crippen LogP contribution in [0.5, 0.6) is 0 Å². The molecule has 0 amide bonds. The lowest BCUT2D eigenvalue weighted by atomic mass is 10.0. The zero-order valence-electron chi connectivity index (χ0n) is 38.8. The van der Waals surface area contributed by atoms with Crippen molar-refractivity contribution in [3.63, 3.8) is 0 Å². The van der Waals surface area contributed by atoms with Crippen LogP contribution < -0.4 is 4.57 Å². The van der Waals surface area contributed by atoms with Crippen molar-refractivity contribution >= 4 is 0 Å². The van der Waals surface area contributed by atoms with Crippen molar-refractivity contribution in [2.45, 2.75) is 323 Å². The fourth-order valence-corrected chi connectivity index (χ4v) is 8.98. The highest BCUT2D eigenvalue weighted by atomic mass is 15.1. The molecule has 0 bridgehead atoms. The quantitative estimate of drug-likeness (QED) is 0.0461. The van der Waals surface area contributed by atoms with E-state index < -0.39 is 0 Å². The molecule has 2 nitrogen and oxygen atoms in total. The molecule has 0 N–H and O–H groups in total. The summed E-state index contributed by atoms with van der Waals surface area (Å²) in [4.78, 5) is 0. The Labute approximate surface area is 349 Å². The van der Waals surface area contributed by atoms with Crippen LogP contribution in [0.25, 0.3) is 0 Å². The van der Waals surface area contributed by atoms with Gasteiger partial charge in [0.1, 0.15) is 12.4 Å². The van der Waals surface area contributed by atoms with Gasteiger partial charge in [0.05, 0.1) is 13.1 Å². The summed E-state index contributed by atoms with van der Waals surface area (Å²) in [6, 6.07) is 0. The van der Waals surface area contributed by atoms with Crippen molar-refractivity contribution in [1.29, 1.82) is 0 Å². The molecule has 0 saturated heterocycles. The number of hydrogen-bond acceptors (Lipinski definition) is 0. The van der Waals surface area contributed by atoms with Crippen LogP contribution in [0.4, 0.5) is 0 Å². The van der Waals surface area contributed by atoms with Gasteiger partial charge in [0, 0.05) is 6.42 Å². The second kappa shape index (κ2) is 44.3. The summed E-state index contributed by atoms with van der Waals surface area (Å²) >= 11 is 0. The summed E-state index contributed by atoms with van der Waals surface area (Å²) in [6.07, 6.45) is 69.8. The molecule has 0 atom stereocenters. The van der Waals surface area contributed by atoms with Crippen LogP contribution in [-0.2, 0) is 19.5 Å². The van der Waals surface area contributed by atoms with Gasteiger partial charge in [0.25, 0.3) is 5.82 Å². The van der Waals surface area contributed by atoms with Gasteiger partial charge in [0.2, 0.25) is 0 Å². The normalized spacial score (nSPS) is 11.7.